The van der Waals surface area contributed by atoms with E-state index in [1.807, 2.05) is 0 Å². The van der Waals surface area contributed by atoms with E-state index in [1.165, 1.54) is 19.4 Å². The van der Waals surface area contributed by atoms with Gasteiger partial charge in [-0.1, -0.05) is 46.9 Å². The molecule has 0 bridgehead atoms. The number of hydrogen-bond donors (Lipinski definition) is 1. The van der Waals surface area contributed by atoms with Gasteiger partial charge in [0, 0.05) is 5.02 Å². The number of nitrogens with zero attached hydrogens (tertiary/aromatic N) is 1. The van der Waals surface area contributed by atoms with Gasteiger partial charge in [0.2, 0.25) is 0 Å². The molecular formula is C24H19Cl3N2O5. The Morgan fingerprint density at radius 3 is 2.38 bits per heavy atom. The van der Waals surface area contributed by atoms with Gasteiger partial charge in [-0.05, 0) is 61.0 Å². The molecule has 0 aromatic heterocycles. The second-order valence-electron chi connectivity index (χ2n) is 6.85. The lowest BCUT2D eigenvalue weighted by Gasteiger charge is -2.14. The predicted octanol–water partition coefficient (Wildman–Crippen LogP) is 5.79. The molecule has 0 saturated carbocycles. The van der Waals surface area contributed by atoms with Crippen LogP contribution in [0.15, 0.2) is 65.8 Å². The number of carbonyl (C=O) groups excluding carboxylic acids is 2. The van der Waals surface area contributed by atoms with Crippen LogP contribution in [0.1, 0.15) is 22.8 Å². The van der Waals surface area contributed by atoms with Crippen LogP contribution in [0.4, 0.5) is 0 Å². The van der Waals surface area contributed by atoms with E-state index >= 15 is 0 Å². The topological polar surface area (TPSA) is 86.2 Å². The third kappa shape index (κ3) is 6.63. The molecule has 3 aromatic rings. The molecule has 0 fully saturated rings. The fourth-order valence-corrected chi connectivity index (χ4v) is 3.37. The third-order valence-corrected chi connectivity index (χ3v) is 5.30. The molecule has 10 heteroatoms. The Kier molecular flexibility index (Phi) is 8.76. The van der Waals surface area contributed by atoms with Crippen LogP contribution in [0.5, 0.6) is 17.2 Å². The van der Waals surface area contributed by atoms with Gasteiger partial charge in [-0.15, -0.1) is 0 Å². The molecule has 0 heterocycles. The molecule has 176 valence electrons. The molecule has 1 atom stereocenters. The van der Waals surface area contributed by atoms with E-state index in [9.17, 15) is 9.59 Å². The minimum Gasteiger partial charge on any atom is -0.493 e. The van der Waals surface area contributed by atoms with Gasteiger partial charge in [0.1, 0.15) is 5.75 Å². The SMILES string of the molecule is COc1cc(/C=N/NC(=O)C(C)Oc2ccc(Cl)cc2Cl)ccc1OC(=O)c1ccccc1Cl. The summed E-state index contributed by atoms with van der Waals surface area (Å²) in [6, 6.07) is 16.0. The molecule has 7 nitrogen and oxygen atoms in total. The zero-order chi connectivity index (χ0) is 24.7. The summed E-state index contributed by atoms with van der Waals surface area (Å²) in [6.45, 7) is 1.56. The van der Waals surface area contributed by atoms with Gasteiger partial charge in [0.25, 0.3) is 5.91 Å². The number of nitrogens with one attached hydrogen (secondary N) is 1. The highest BCUT2D eigenvalue weighted by atomic mass is 35.5. The van der Waals surface area contributed by atoms with Gasteiger partial charge in [0.15, 0.2) is 17.6 Å². The average molecular weight is 522 g/mol. The quantitative estimate of drug-likeness (QED) is 0.175. The molecule has 1 unspecified atom stereocenters. The maximum Gasteiger partial charge on any atom is 0.345 e. The van der Waals surface area contributed by atoms with Crippen LogP contribution in [0.3, 0.4) is 0 Å². The summed E-state index contributed by atoms with van der Waals surface area (Å²) >= 11 is 18.0. The van der Waals surface area contributed by atoms with E-state index < -0.39 is 18.0 Å². The van der Waals surface area contributed by atoms with Crippen LogP contribution >= 0.6 is 34.8 Å². The zero-order valence-electron chi connectivity index (χ0n) is 18.1. The van der Waals surface area contributed by atoms with Crippen molar-refractivity contribution in [2.75, 3.05) is 7.11 Å². The molecule has 34 heavy (non-hydrogen) atoms. The first-order chi connectivity index (χ1) is 16.3. The van der Waals surface area contributed by atoms with Gasteiger partial charge in [0.05, 0.1) is 28.9 Å². The van der Waals surface area contributed by atoms with Crippen LogP contribution in [0.2, 0.25) is 15.1 Å². The number of amides is 1. The monoisotopic (exact) mass is 520 g/mol. The molecule has 1 amide bonds. The molecular weight excluding hydrogens is 503 g/mol. The summed E-state index contributed by atoms with van der Waals surface area (Å²) in [5, 5.41) is 4.95. The Balaban J connectivity index is 1.61. The van der Waals surface area contributed by atoms with Gasteiger partial charge >= 0.3 is 5.97 Å². The number of benzene rings is 3. The minimum atomic E-state index is -0.864. The lowest BCUT2D eigenvalue weighted by Crippen LogP contribution is -2.33. The molecule has 1 N–H and O–H groups in total. The van der Waals surface area contributed by atoms with Crippen molar-refractivity contribution in [1.82, 2.24) is 5.43 Å². The highest BCUT2D eigenvalue weighted by molar-refractivity contribution is 6.35. The van der Waals surface area contributed by atoms with Crippen molar-refractivity contribution < 1.29 is 23.8 Å². The number of carbonyl (C=O) groups is 2. The molecule has 0 spiro atoms. The lowest BCUT2D eigenvalue weighted by atomic mass is 10.2. The average Bonchev–Trinajstić information content (AvgIpc) is 2.81. The van der Waals surface area contributed by atoms with Crippen molar-refractivity contribution in [3.63, 3.8) is 0 Å². The van der Waals surface area contributed by atoms with Crippen molar-refractivity contribution in [1.29, 1.82) is 0 Å². The molecule has 0 aliphatic rings. The van der Waals surface area contributed by atoms with Crippen LogP contribution in [0, 0.1) is 0 Å². The first kappa shape index (κ1) is 25.4. The summed E-state index contributed by atoms with van der Waals surface area (Å²) < 4.78 is 16.3. The Hall–Kier alpha value is -3.26. The molecule has 0 radical (unpaired) electrons. The lowest BCUT2D eigenvalue weighted by molar-refractivity contribution is -0.127. The van der Waals surface area contributed by atoms with Gasteiger partial charge in [-0.2, -0.15) is 5.10 Å². The first-order valence-corrected chi connectivity index (χ1v) is 11.0. The Labute approximate surface area is 211 Å². The number of methoxy groups -OCH3 is 1. The fraction of sp³-hybridized carbons (Fsp3) is 0.125. The van der Waals surface area contributed by atoms with E-state index in [0.29, 0.717) is 22.1 Å². The van der Waals surface area contributed by atoms with Crippen LogP contribution < -0.4 is 19.6 Å². The summed E-state index contributed by atoms with van der Waals surface area (Å²) in [6.07, 6.45) is 0.541. The standard InChI is InChI=1S/C24H19Cl3N2O5/c1-14(33-20-10-8-16(25)12-19(20)27)23(30)29-28-13-15-7-9-21(22(11-15)32-2)34-24(31)17-5-3-4-6-18(17)26/h3-14H,1-2H3,(H,29,30)/b28-13+. The number of rotatable bonds is 8. The minimum absolute atomic E-state index is 0.204. The first-order valence-electron chi connectivity index (χ1n) is 9.88. The van der Waals surface area contributed by atoms with Crippen molar-refractivity contribution in [3.05, 3.63) is 86.9 Å². The molecule has 0 aliphatic carbocycles. The summed E-state index contributed by atoms with van der Waals surface area (Å²) in [7, 11) is 1.44. The van der Waals surface area contributed by atoms with E-state index in [-0.39, 0.29) is 21.4 Å². The fourth-order valence-electron chi connectivity index (χ4n) is 2.71. The molecule has 3 aromatic carbocycles. The predicted molar refractivity (Wildman–Crippen MR) is 132 cm³/mol. The van der Waals surface area contributed by atoms with Crippen molar-refractivity contribution in [2.24, 2.45) is 5.10 Å². The summed E-state index contributed by atoms with van der Waals surface area (Å²) in [5.41, 5.74) is 3.21. The van der Waals surface area contributed by atoms with E-state index in [1.54, 1.807) is 61.5 Å². The van der Waals surface area contributed by atoms with Gasteiger partial charge in [-0.3, -0.25) is 4.79 Å². The van der Waals surface area contributed by atoms with Crippen LogP contribution in [-0.2, 0) is 4.79 Å². The summed E-state index contributed by atoms with van der Waals surface area (Å²) in [5.74, 6) is -0.281. The number of hydrogen-bond acceptors (Lipinski definition) is 6. The van der Waals surface area contributed by atoms with Gasteiger partial charge in [-0.25, -0.2) is 10.2 Å². The summed E-state index contributed by atoms with van der Waals surface area (Å²) in [4.78, 5) is 24.7. The smallest absolute Gasteiger partial charge is 0.345 e. The van der Waals surface area contributed by atoms with Crippen LogP contribution in [-0.4, -0.2) is 31.3 Å². The molecule has 0 saturated heterocycles. The second kappa shape index (κ2) is 11.7. The zero-order valence-corrected chi connectivity index (χ0v) is 20.3. The van der Waals surface area contributed by atoms with Crippen LogP contribution in [0.25, 0.3) is 0 Å². The Bertz CT molecular complexity index is 1230. The largest absolute Gasteiger partial charge is 0.493 e. The Morgan fingerprint density at radius 2 is 1.68 bits per heavy atom. The van der Waals surface area contributed by atoms with E-state index in [0.717, 1.165) is 0 Å². The van der Waals surface area contributed by atoms with Gasteiger partial charge < -0.3 is 14.2 Å². The third-order valence-electron chi connectivity index (χ3n) is 4.44. The highest BCUT2D eigenvalue weighted by Gasteiger charge is 2.17. The van der Waals surface area contributed by atoms with E-state index in [4.69, 9.17) is 49.0 Å². The number of halogens is 3. The molecule has 0 aliphatic heterocycles. The maximum absolute atomic E-state index is 12.4. The maximum atomic E-state index is 12.4. The molecule has 3 rings (SSSR count). The number of hydrazone groups is 1. The van der Waals surface area contributed by atoms with Crippen molar-refractivity contribution in [2.45, 2.75) is 13.0 Å². The highest BCUT2D eigenvalue weighted by Crippen LogP contribution is 2.30. The number of ether oxygens (including phenoxy) is 3. The Morgan fingerprint density at radius 1 is 0.941 bits per heavy atom. The normalized spacial score (nSPS) is 11.7. The second-order valence-corrected chi connectivity index (χ2v) is 8.10. The van der Waals surface area contributed by atoms with Crippen molar-refractivity contribution >= 4 is 52.9 Å². The van der Waals surface area contributed by atoms with E-state index in [2.05, 4.69) is 10.5 Å². The number of esters is 1. The van der Waals surface area contributed by atoms with Crippen molar-refractivity contribution in [3.8, 4) is 17.2 Å².